The minimum absolute atomic E-state index is 0.808. The van der Waals surface area contributed by atoms with Crippen molar-refractivity contribution in [1.29, 1.82) is 0 Å². The molecule has 3 rings (SSSR count). The van der Waals surface area contributed by atoms with Gasteiger partial charge in [-0.3, -0.25) is 0 Å². The molecule has 2 aromatic carbocycles. The van der Waals surface area contributed by atoms with Crippen LogP contribution >= 0.6 is 11.3 Å². The second-order valence-corrected chi connectivity index (χ2v) is 5.27. The van der Waals surface area contributed by atoms with Gasteiger partial charge in [0.2, 0.25) is 0 Å². The first-order chi connectivity index (χ1) is 9.42. The lowest BCUT2D eigenvalue weighted by Gasteiger charge is -2.01. The van der Waals surface area contributed by atoms with Crippen LogP contribution in [0.4, 0.5) is 5.13 Å². The lowest BCUT2D eigenvalue weighted by atomic mass is 10.2. The first-order valence-corrected chi connectivity index (χ1v) is 7.02. The summed E-state index contributed by atoms with van der Waals surface area (Å²) in [5, 5.41) is 4.32. The first-order valence-electron chi connectivity index (χ1n) is 6.21. The third-order valence-corrected chi connectivity index (χ3v) is 3.85. The van der Waals surface area contributed by atoms with Crippen molar-refractivity contribution >= 4 is 16.5 Å². The maximum Gasteiger partial charge on any atom is 0.183 e. The SMILES string of the molecule is c1ccc(CNc2ncc(-c3ccccc3)s2)cc1. The van der Waals surface area contributed by atoms with Crippen LogP contribution in [0.25, 0.3) is 10.4 Å². The summed E-state index contributed by atoms with van der Waals surface area (Å²) in [7, 11) is 0. The zero-order valence-electron chi connectivity index (χ0n) is 10.4. The van der Waals surface area contributed by atoms with Gasteiger partial charge in [-0.15, -0.1) is 0 Å². The molecule has 0 bridgehead atoms. The normalized spacial score (nSPS) is 10.3. The van der Waals surface area contributed by atoms with Gasteiger partial charge in [0.05, 0.1) is 4.88 Å². The molecule has 0 atom stereocenters. The Hall–Kier alpha value is -2.13. The molecule has 3 heteroatoms. The third-order valence-electron chi connectivity index (χ3n) is 2.85. The van der Waals surface area contributed by atoms with Crippen molar-refractivity contribution in [2.75, 3.05) is 5.32 Å². The molecule has 1 aromatic heterocycles. The zero-order valence-corrected chi connectivity index (χ0v) is 11.2. The average Bonchev–Trinajstić information content (AvgIpc) is 2.96. The molecule has 3 aromatic rings. The number of anilines is 1. The Labute approximate surface area is 116 Å². The number of thiazole rings is 1. The van der Waals surface area contributed by atoms with E-state index in [4.69, 9.17) is 0 Å². The zero-order chi connectivity index (χ0) is 12.9. The fraction of sp³-hybridized carbons (Fsp3) is 0.0625. The first kappa shape index (κ1) is 11.9. The number of nitrogens with one attached hydrogen (secondary N) is 1. The third kappa shape index (κ3) is 3.01. The fourth-order valence-corrected chi connectivity index (χ4v) is 2.68. The van der Waals surface area contributed by atoms with Crippen LogP contribution in [-0.2, 0) is 6.54 Å². The topological polar surface area (TPSA) is 24.9 Å². The molecule has 2 nitrogen and oxygen atoms in total. The number of benzene rings is 2. The van der Waals surface area contributed by atoms with Gasteiger partial charge in [0.1, 0.15) is 0 Å². The Morgan fingerprint density at radius 2 is 1.58 bits per heavy atom. The Balaban J connectivity index is 1.69. The molecule has 0 unspecified atom stereocenters. The molecule has 0 aliphatic carbocycles. The van der Waals surface area contributed by atoms with Gasteiger partial charge in [0.15, 0.2) is 5.13 Å². The Kier molecular flexibility index (Phi) is 3.56. The lowest BCUT2D eigenvalue weighted by molar-refractivity contribution is 1.13. The summed E-state index contributed by atoms with van der Waals surface area (Å²) in [4.78, 5) is 5.61. The quantitative estimate of drug-likeness (QED) is 0.756. The van der Waals surface area contributed by atoms with Crippen LogP contribution < -0.4 is 5.32 Å². The van der Waals surface area contributed by atoms with E-state index in [0.29, 0.717) is 0 Å². The predicted molar refractivity (Wildman–Crippen MR) is 81.3 cm³/mol. The Morgan fingerprint density at radius 3 is 2.32 bits per heavy atom. The van der Waals surface area contributed by atoms with Crippen molar-refractivity contribution in [1.82, 2.24) is 4.98 Å². The molecule has 0 amide bonds. The molecule has 0 aliphatic rings. The summed E-state index contributed by atoms with van der Waals surface area (Å²) in [6, 6.07) is 20.7. The second-order valence-electron chi connectivity index (χ2n) is 4.23. The fourth-order valence-electron chi connectivity index (χ4n) is 1.87. The number of nitrogens with zero attached hydrogens (tertiary/aromatic N) is 1. The highest BCUT2D eigenvalue weighted by atomic mass is 32.1. The summed E-state index contributed by atoms with van der Waals surface area (Å²) in [5.74, 6) is 0. The van der Waals surface area contributed by atoms with Crippen LogP contribution in [0.3, 0.4) is 0 Å². The summed E-state index contributed by atoms with van der Waals surface area (Å²) < 4.78 is 0. The lowest BCUT2D eigenvalue weighted by Crippen LogP contribution is -1.97. The Morgan fingerprint density at radius 1 is 0.895 bits per heavy atom. The van der Waals surface area contributed by atoms with Gasteiger partial charge in [0, 0.05) is 12.7 Å². The van der Waals surface area contributed by atoms with E-state index in [-0.39, 0.29) is 0 Å². The van der Waals surface area contributed by atoms with Gasteiger partial charge in [0.25, 0.3) is 0 Å². The van der Waals surface area contributed by atoms with Crippen LogP contribution in [0.2, 0.25) is 0 Å². The van der Waals surface area contributed by atoms with Crippen molar-refractivity contribution in [2.45, 2.75) is 6.54 Å². The number of aromatic nitrogens is 1. The largest absolute Gasteiger partial charge is 0.357 e. The van der Waals surface area contributed by atoms with Crippen LogP contribution in [0.1, 0.15) is 5.56 Å². The molecular weight excluding hydrogens is 252 g/mol. The van der Waals surface area contributed by atoms with Crippen molar-refractivity contribution in [3.8, 4) is 10.4 Å². The van der Waals surface area contributed by atoms with Crippen LogP contribution in [-0.4, -0.2) is 4.98 Å². The number of rotatable bonds is 4. The monoisotopic (exact) mass is 266 g/mol. The molecule has 0 radical (unpaired) electrons. The Bertz CT molecular complexity index is 632. The highest BCUT2D eigenvalue weighted by Crippen LogP contribution is 2.28. The van der Waals surface area contributed by atoms with E-state index in [9.17, 15) is 0 Å². The van der Waals surface area contributed by atoms with Gasteiger partial charge in [-0.25, -0.2) is 4.98 Å². The summed E-state index contributed by atoms with van der Waals surface area (Å²) in [5.41, 5.74) is 2.48. The molecule has 0 saturated carbocycles. The van der Waals surface area contributed by atoms with Gasteiger partial charge < -0.3 is 5.32 Å². The molecule has 1 N–H and O–H groups in total. The maximum atomic E-state index is 4.42. The van der Waals surface area contributed by atoms with Crippen molar-refractivity contribution in [2.24, 2.45) is 0 Å². The van der Waals surface area contributed by atoms with E-state index >= 15 is 0 Å². The standard InChI is InChI=1S/C16H14N2S/c1-3-7-13(8-4-1)11-17-16-18-12-15(19-16)14-9-5-2-6-10-14/h1-10,12H,11H2,(H,17,18). The molecule has 0 aliphatic heterocycles. The van der Waals surface area contributed by atoms with E-state index in [2.05, 4.69) is 34.6 Å². The van der Waals surface area contributed by atoms with E-state index < -0.39 is 0 Å². The van der Waals surface area contributed by atoms with Crippen molar-refractivity contribution in [3.63, 3.8) is 0 Å². The summed E-state index contributed by atoms with van der Waals surface area (Å²) >= 11 is 1.68. The molecular formula is C16H14N2S. The maximum absolute atomic E-state index is 4.42. The molecule has 1 heterocycles. The summed E-state index contributed by atoms with van der Waals surface area (Å²) in [6.07, 6.45) is 1.92. The van der Waals surface area contributed by atoms with Crippen molar-refractivity contribution < 1.29 is 0 Å². The predicted octanol–water partition coefficient (Wildman–Crippen LogP) is 4.42. The van der Waals surface area contributed by atoms with Crippen molar-refractivity contribution in [3.05, 3.63) is 72.4 Å². The molecule has 94 valence electrons. The van der Waals surface area contributed by atoms with E-state index in [0.717, 1.165) is 11.7 Å². The number of hydrogen-bond donors (Lipinski definition) is 1. The van der Waals surface area contributed by atoms with Gasteiger partial charge in [-0.2, -0.15) is 0 Å². The van der Waals surface area contributed by atoms with E-state index in [1.54, 1.807) is 11.3 Å². The average molecular weight is 266 g/mol. The minimum atomic E-state index is 0.808. The molecule has 19 heavy (non-hydrogen) atoms. The number of hydrogen-bond acceptors (Lipinski definition) is 3. The van der Waals surface area contributed by atoms with Gasteiger partial charge in [-0.05, 0) is 11.1 Å². The summed E-state index contributed by atoms with van der Waals surface area (Å²) in [6.45, 7) is 0.808. The second kappa shape index (κ2) is 5.67. The molecule has 0 fully saturated rings. The molecule has 0 spiro atoms. The van der Waals surface area contributed by atoms with Crippen LogP contribution in [0.15, 0.2) is 66.9 Å². The highest BCUT2D eigenvalue weighted by molar-refractivity contribution is 7.18. The van der Waals surface area contributed by atoms with E-state index in [1.165, 1.54) is 16.0 Å². The van der Waals surface area contributed by atoms with Crippen LogP contribution in [0, 0.1) is 0 Å². The van der Waals surface area contributed by atoms with Gasteiger partial charge in [-0.1, -0.05) is 72.0 Å². The minimum Gasteiger partial charge on any atom is -0.357 e. The smallest absolute Gasteiger partial charge is 0.183 e. The van der Waals surface area contributed by atoms with Gasteiger partial charge >= 0.3 is 0 Å². The van der Waals surface area contributed by atoms with E-state index in [1.807, 2.05) is 42.6 Å². The highest BCUT2D eigenvalue weighted by Gasteiger charge is 2.03. The molecule has 0 saturated heterocycles. The van der Waals surface area contributed by atoms with Crippen LogP contribution in [0.5, 0.6) is 0 Å².